The number of hydrogen-bond acceptors (Lipinski definition) is 5. The van der Waals surface area contributed by atoms with E-state index in [2.05, 4.69) is 10.0 Å². The Morgan fingerprint density at radius 2 is 1.70 bits per heavy atom. The molecule has 0 aliphatic rings. The average Bonchev–Trinajstić information content (AvgIpc) is 2.66. The Morgan fingerprint density at radius 1 is 1.10 bits per heavy atom. The molecule has 0 unspecified atom stereocenters. The van der Waals surface area contributed by atoms with Gasteiger partial charge in [-0.05, 0) is 31.1 Å². The molecule has 2 rings (SSSR count). The van der Waals surface area contributed by atoms with E-state index in [0.29, 0.717) is 5.56 Å². The molecule has 1 aromatic carbocycles. The summed E-state index contributed by atoms with van der Waals surface area (Å²) in [5, 5.41) is 2.69. The number of amides is 1. The third kappa shape index (κ3) is 6.53. The fourth-order valence-corrected chi connectivity index (χ4v) is 4.17. The van der Waals surface area contributed by atoms with Gasteiger partial charge in [0.15, 0.2) is 0 Å². The number of carbonyl (C=O) groups excluding carboxylic acids is 1. The van der Waals surface area contributed by atoms with E-state index < -0.39 is 27.2 Å². The molecule has 0 bridgehead atoms. The van der Waals surface area contributed by atoms with Crippen LogP contribution in [0.3, 0.4) is 0 Å². The molecule has 0 radical (unpaired) electrons. The highest BCUT2D eigenvalue weighted by Gasteiger charge is 2.12. The van der Waals surface area contributed by atoms with Crippen LogP contribution in [0.15, 0.2) is 46.1 Å². The van der Waals surface area contributed by atoms with Gasteiger partial charge in [0.2, 0.25) is 15.9 Å². The monoisotopic (exact) mass is 434 g/mol. The lowest BCUT2D eigenvalue weighted by Crippen LogP contribution is -2.37. The van der Waals surface area contributed by atoms with Gasteiger partial charge in [0.05, 0.1) is 11.3 Å². The second kappa shape index (κ2) is 9.68. The molecule has 0 aliphatic carbocycles. The molecule has 10 heteroatoms. The van der Waals surface area contributed by atoms with Gasteiger partial charge >= 0.3 is 5.69 Å². The molecule has 2 N–H and O–H groups in total. The predicted molar refractivity (Wildman–Crippen MR) is 115 cm³/mol. The highest BCUT2D eigenvalue weighted by Crippen LogP contribution is 2.08. The summed E-state index contributed by atoms with van der Waals surface area (Å²) in [6.07, 6.45) is 3.95. The molecular formula is C20H26N4O5S. The first-order valence-electron chi connectivity index (χ1n) is 9.29. The molecule has 0 saturated heterocycles. The number of sulfonamides is 1. The fraction of sp³-hybridized carbons (Fsp3) is 0.350. The van der Waals surface area contributed by atoms with Crippen molar-refractivity contribution >= 4 is 22.0 Å². The van der Waals surface area contributed by atoms with Crippen molar-refractivity contribution in [2.24, 2.45) is 14.1 Å². The highest BCUT2D eigenvalue weighted by atomic mass is 32.2. The third-order valence-electron chi connectivity index (χ3n) is 4.15. The lowest BCUT2D eigenvalue weighted by molar-refractivity contribution is -0.116. The second-order valence-electron chi connectivity index (χ2n) is 7.24. The van der Waals surface area contributed by atoms with Crippen LogP contribution in [0, 0.1) is 0 Å². The zero-order valence-corrected chi connectivity index (χ0v) is 18.2. The van der Waals surface area contributed by atoms with Gasteiger partial charge in [-0.25, -0.2) is 17.9 Å². The van der Waals surface area contributed by atoms with E-state index >= 15 is 0 Å². The van der Waals surface area contributed by atoms with Gasteiger partial charge in [0.25, 0.3) is 5.56 Å². The minimum Gasteiger partial charge on any atom is -0.348 e. The van der Waals surface area contributed by atoms with E-state index in [9.17, 15) is 22.8 Å². The number of nitrogens with one attached hydrogen (secondary N) is 2. The van der Waals surface area contributed by atoms with Crippen LogP contribution < -0.4 is 21.3 Å². The number of benzene rings is 1. The molecule has 2 aromatic rings. The lowest BCUT2D eigenvalue weighted by atomic mass is 10.1. The summed E-state index contributed by atoms with van der Waals surface area (Å²) in [5.74, 6) is -0.520. The van der Waals surface area contributed by atoms with Gasteiger partial charge in [-0.3, -0.25) is 14.2 Å². The molecule has 0 saturated carbocycles. The molecule has 0 aliphatic heterocycles. The molecule has 1 amide bonds. The first-order valence-corrected chi connectivity index (χ1v) is 10.9. The van der Waals surface area contributed by atoms with E-state index in [1.807, 2.05) is 0 Å². The molecule has 0 atom stereocenters. The summed E-state index contributed by atoms with van der Waals surface area (Å²) in [7, 11) is -0.504. The Morgan fingerprint density at radius 3 is 2.30 bits per heavy atom. The van der Waals surface area contributed by atoms with Gasteiger partial charge in [-0.2, -0.15) is 0 Å². The van der Waals surface area contributed by atoms with Gasteiger partial charge in [0, 0.05) is 39.0 Å². The summed E-state index contributed by atoms with van der Waals surface area (Å²) in [4.78, 5) is 35.7. The largest absolute Gasteiger partial charge is 0.348 e. The number of aromatic nitrogens is 2. The second-order valence-corrected chi connectivity index (χ2v) is 9.00. The summed E-state index contributed by atoms with van der Waals surface area (Å²) in [5.41, 5.74) is 0.726. The van der Waals surface area contributed by atoms with E-state index in [1.165, 1.54) is 37.0 Å². The van der Waals surface area contributed by atoms with Crippen molar-refractivity contribution in [1.29, 1.82) is 0 Å². The molecule has 1 aromatic heterocycles. The van der Waals surface area contributed by atoms with Gasteiger partial charge in [0.1, 0.15) is 0 Å². The summed E-state index contributed by atoms with van der Waals surface area (Å²) >= 11 is 0. The van der Waals surface area contributed by atoms with Crippen LogP contribution in [0.1, 0.15) is 30.5 Å². The van der Waals surface area contributed by atoms with Gasteiger partial charge in [-0.1, -0.05) is 24.3 Å². The molecule has 162 valence electrons. The van der Waals surface area contributed by atoms with Crippen LogP contribution in [0.2, 0.25) is 0 Å². The minimum atomic E-state index is -3.40. The summed E-state index contributed by atoms with van der Waals surface area (Å²) in [6.45, 7) is 3.76. The van der Waals surface area contributed by atoms with Crippen molar-refractivity contribution in [3.8, 4) is 0 Å². The Balaban J connectivity index is 1.96. The number of aryl methyl sites for hydroxylation is 1. The quantitative estimate of drug-likeness (QED) is 0.577. The highest BCUT2D eigenvalue weighted by molar-refractivity contribution is 7.88. The van der Waals surface area contributed by atoms with Crippen LogP contribution in [-0.4, -0.2) is 29.5 Å². The first kappa shape index (κ1) is 23.3. The zero-order chi connectivity index (χ0) is 22.5. The Bertz CT molecular complexity index is 1160. The molecule has 30 heavy (non-hydrogen) atoms. The van der Waals surface area contributed by atoms with E-state index in [-0.39, 0.29) is 23.9 Å². The molecule has 0 fully saturated rings. The number of hydrogen-bond donors (Lipinski definition) is 2. The topological polar surface area (TPSA) is 119 Å². The van der Waals surface area contributed by atoms with Crippen LogP contribution in [-0.2, 0) is 41.2 Å². The number of nitrogens with zero attached hydrogens (tertiary/aromatic N) is 2. The maximum Gasteiger partial charge on any atom is 0.330 e. The first-order chi connectivity index (χ1) is 14.0. The molecular weight excluding hydrogens is 408 g/mol. The van der Waals surface area contributed by atoms with Crippen LogP contribution in [0.4, 0.5) is 0 Å². The Hall–Kier alpha value is -2.98. The maximum atomic E-state index is 12.0. The smallest absolute Gasteiger partial charge is 0.330 e. The van der Waals surface area contributed by atoms with Crippen LogP contribution >= 0.6 is 0 Å². The van der Waals surface area contributed by atoms with E-state index in [1.54, 1.807) is 38.1 Å². The number of carbonyl (C=O) groups is 1. The normalized spacial score (nSPS) is 11.9. The van der Waals surface area contributed by atoms with Crippen molar-refractivity contribution in [2.75, 3.05) is 0 Å². The van der Waals surface area contributed by atoms with E-state index in [4.69, 9.17) is 0 Å². The fourth-order valence-electron chi connectivity index (χ4n) is 2.74. The minimum absolute atomic E-state index is 0.116. The summed E-state index contributed by atoms with van der Waals surface area (Å²) < 4.78 is 28.7. The van der Waals surface area contributed by atoms with Crippen molar-refractivity contribution in [3.63, 3.8) is 0 Å². The van der Waals surface area contributed by atoms with Gasteiger partial charge < -0.3 is 9.88 Å². The Kier molecular flexibility index (Phi) is 7.52. The maximum absolute atomic E-state index is 12.0. The molecule has 9 nitrogen and oxygen atoms in total. The van der Waals surface area contributed by atoms with Gasteiger partial charge in [-0.15, -0.1) is 0 Å². The van der Waals surface area contributed by atoms with Crippen LogP contribution in [0.5, 0.6) is 0 Å². The zero-order valence-electron chi connectivity index (χ0n) is 17.4. The average molecular weight is 435 g/mol. The van der Waals surface area contributed by atoms with Crippen molar-refractivity contribution in [1.82, 2.24) is 19.2 Å². The third-order valence-corrected chi connectivity index (χ3v) is 5.69. The Labute approximate surface area is 175 Å². The lowest BCUT2D eigenvalue weighted by Gasteiger charge is -2.10. The molecule has 0 spiro atoms. The molecule has 1 heterocycles. The van der Waals surface area contributed by atoms with Crippen LogP contribution in [0.25, 0.3) is 6.08 Å². The van der Waals surface area contributed by atoms with Crippen molar-refractivity contribution < 1.29 is 13.2 Å². The van der Waals surface area contributed by atoms with E-state index in [0.717, 1.165) is 10.1 Å². The predicted octanol–water partition coefficient (Wildman–Crippen LogP) is 0.241. The standard InChI is InChI=1S/C20H26N4O5S/c1-14(2)22-30(28,29)13-16-7-5-15(6-8-16)11-21-18(25)10-9-17-12-23(3)20(27)24(4)19(17)26/h5-10,12,14,22H,11,13H2,1-4H3,(H,21,25)/b10-9+. The van der Waals surface area contributed by atoms with Crippen molar-refractivity contribution in [3.05, 3.63) is 74.1 Å². The number of rotatable bonds is 8. The SMILES string of the molecule is CC(C)NS(=O)(=O)Cc1ccc(CNC(=O)/C=C/c2cn(C)c(=O)n(C)c2=O)cc1. The summed E-state index contributed by atoms with van der Waals surface area (Å²) in [6, 6.07) is 6.72. The van der Waals surface area contributed by atoms with Crippen molar-refractivity contribution in [2.45, 2.75) is 32.2 Å².